The molecule has 0 radical (unpaired) electrons. The maximum atomic E-state index is 9.17. The summed E-state index contributed by atoms with van der Waals surface area (Å²) in [6, 6.07) is 1.83. The highest BCUT2D eigenvalue weighted by Crippen LogP contribution is 2.07. The molecule has 1 N–H and O–H groups in total. The van der Waals surface area contributed by atoms with Crippen LogP contribution in [0.15, 0.2) is 12.3 Å². The zero-order chi connectivity index (χ0) is 9.84. The molecule has 0 fully saturated rings. The molecule has 13 heavy (non-hydrogen) atoms. The molecule has 0 aliphatic heterocycles. The molecule has 1 aromatic rings. The SMILES string of the molecule is Cc1nccc(N(C)CC(C)O)n1. The van der Waals surface area contributed by atoms with Gasteiger partial charge in [0, 0.05) is 19.8 Å². The number of likely N-dealkylation sites (N-methyl/N-ethyl adjacent to an activating group) is 1. The van der Waals surface area contributed by atoms with Crippen LogP contribution in [0, 0.1) is 6.92 Å². The lowest BCUT2D eigenvalue weighted by molar-refractivity contribution is 0.201. The molecule has 4 nitrogen and oxygen atoms in total. The zero-order valence-electron chi connectivity index (χ0n) is 8.23. The average molecular weight is 181 g/mol. The van der Waals surface area contributed by atoms with Crippen LogP contribution in [0.4, 0.5) is 5.82 Å². The molecule has 1 unspecified atom stereocenters. The highest BCUT2D eigenvalue weighted by Gasteiger charge is 2.05. The highest BCUT2D eigenvalue weighted by molar-refractivity contribution is 5.36. The minimum absolute atomic E-state index is 0.347. The smallest absolute Gasteiger partial charge is 0.132 e. The van der Waals surface area contributed by atoms with Crippen molar-refractivity contribution in [2.45, 2.75) is 20.0 Å². The third kappa shape index (κ3) is 2.99. The van der Waals surface area contributed by atoms with Crippen molar-refractivity contribution < 1.29 is 5.11 Å². The normalized spacial score (nSPS) is 12.6. The molecule has 0 spiro atoms. The minimum atomic E-state index is -0.347. The largest absolute Gasteiger partial charge is 0.392 e. The van der Waals surface area contributed by atoms with E-state index in [1.54, 1.807) is 13.1 Å². The highest BCUT2D eigenvalue weighted by atomic mass is 16.3. The van der Waals surface area contributed by atoms with Crippen LogP contribution in [0.5, 0.6) is 0 Å². The fourth-order valence-electron chi connectivity index (χ4n) is 1.15. The number of aliphatic hydroxyl groups is 1. The van der Waals surface area contributed by atoms with E-state index in [0.717, 1.165) is 11.6 Å². The summed E-state index contributed by atoms with van der Waals surface area (Å²) in [5.74, 6) is 1.59. The first-order valence-electron chi connectivity index (χ1n) is 4.28. The van der Waals surface area contributed by atoms with Crippen molar-refractivity contribution in [3.8, 4) is 0 Å². The molecule has 0 aliphatic carbocycles. The van der Waals surface area contributed by atoms with Gasteiger partial charge in [-0.2, -0.15) is 0 Å². The number of aromatic nitrogens is 2. The van der Waals surface area contributed by atoms with E-state index in [9.17, 15) is 0 Å². The van der Waals surface area contributed by atoms with Crippen LogP contribution in [-0.4, -0.2) is 34.8 Å². The molecular weight excluding hydrogens is 166 g/mol. The van der Waals surface area contributed by atoms with E-state index in [-0.39, 0.29) is 6.10 Å². The molecule has 0 saturated heterocycles. The second-order valence-electron chi connectivity index (χ2n) is 3.19. The number of rotatable bonds is 3. The van der Waals surface area contributed by atoms with Crippen LogP contribution in [0.2, 0.25) is 0 Å². The molecule has 0 aromatic carbocycles. The molecule has 1 aromatic heterocycles. The number of aliphatic hydroxyl groups excluding tert-OH is 1. The predicted molar refractivity (Wildman–Crippen MR) is 51.7 cm³/mol. The van der Waals surface area contributed by atoms with Crippen LogP contribution >= 0.6 is 0 Å². The molecule has 72 valence electrons. The van der Waals surface area contributed by atoms with E-state index in [1.807, 2.05) is 24.9 Å². The van der Waals surface area contributed by atoms with Gasteiger partial charge in [-0.1, -0.05) is 0 Å². The Labute approximate surface area is 78.2 Å². The molecule has 4 heteroatoms. The maximum absolute atomic E-state index is 9.17. The van der Waals surface area contributed by atoms with Crippen molar-refractivity contribution in [3.63, 3.8) is 0 Å². The first-order valence-corrected chi connectivity index (χ1v) is 4.28. The number of anilines is 1. The lowest BCUT2D eigenvalue weighted by Gasteiger charge is -2.19. The topological polar surface area (TPSA) is 49.2 Å². The monoisotopic (exact) mass is 181 g/mol. The van der Waals surface area contributed by atoms with E-state index >= 15 is 0 Å². The van der Waals surface area contributed by atoms with Crippen LogP contribution in [0.25, 0.3) is 0 Å². The fourth-order valence-corrected chi connectivity index (χ4v) is 1.15. The van der Waals surface area contributed by atoms with Gasteiger partial charge in [-0.15, -0.1) is 0 Å². The van der Waals surface area contributed by atoms with Crippen molar-refractivity contribution in [2.24, 2.45) is 0 Å². The van der Waals surface area contributed by atoms with E-state index < -0.39 is 0 Å². The Hall–Kier alpha value is -1.16. The van der Waals surface area contributed by atoms with E-state index in [1.165, 1.54) is 0 Å². The summed E-state index contributed by atoms with van der Waals surface area (Å²) in [7, 11) is 1.90. The predicted octanol–water partition coefficient (Wildman–Crippen LogP) is 0.602. The summed E-state index contributed by atoms with van der Waals surface area (Å²) >= 11 is 0. The Balaban J connectivity index is 2.71. The summed E-state index contributed by atoms with van der Waals surface area (Å²) in [5, 5.41) is 9.17. The van der Waals surface area contributed by atoms with Gasteiger partial charge in [0.2, 0.25) is 0 Å². The molecule has 0 amide bonds. The van der Waals surface area contributed by atoms with Gasteiger partial charge in [-0.25, -0.2) is 9.97 Å². The lowest BCUT2D eigenvalue weighted by atomic mass is 10.3. The van der Waals surface area contributed by atoms with Crippen molar-refractivity contribution in [2.75, 3.05) is 18.5 Å². The maximum Gasteiger partial charge on any atom is 0.132 e. The summed E-state index contributed by atoms with van der Waals surface area (Å²) in [4.78, 5) is 10.1. The Kier molecular flexibility index (Phi) is 3.19. The third-order valence-electron chi connectivity index (χ3n) is 1.69. The van der Waals surface area contributed by atoms with Gasteiger partial charge < -0.3 is 10.0 Å². The first kappa shape index (κ1) is 9.92. The molecule has 1 heterocycles. The standard InChI is InChI=1S/C9H15N3O/c1-7(13)6-12(3)9-4-5-10-8(2)11-9/h4-5,7,13H,6H2,1-3H3. The summed E-state index contributed by atoms with van der Waals surface area (Å²) < 4.78 is 0. The van der Waals surface area contributed by atoms with Gasteiger partial charge in [-0.3, -0.25) is 0 Å². The Morgan fingerprint density at radius 1 is 1.62 bits per heavy atom. The minimum Gasteiger partial charge on any atom is -0.392 e. The average Bonchev–Trinajstić information content (AvgIpc) is 2.03. The molecule has 1 rings (SSSR count). The number of hydrogen-bond acceptors (Lipinski definition) is 4. The van der Waals surface area contributed by atoms with Crippen molar-refractivity contribution in [1.82, 2.24) is 9.97 Å². The molecular formula is C9H15N3O. The summed E-state index contributed by atoms with van der Waals surface area (Å²) in [5.41, 5.74) is 0. The van der Waals surface area contributed by atoms with Gasteiger partial charge >= 0.3 is 0 Å². The van der Waals surface area contributed by atoms with Gasteiger partial charge in [0.05, 0.1) is 6.10 Å². The second-order valence-corrected chi connectivity index (χ2v) is 3.19. The fraction of sp³-hybridized carbons (Fsp3) is 0.556. The van der Waals surface area contributed by atoms with Crippen molar-refractivity contribution in [3.05, 3.63) is 18.1 Å². The Bertz CT molecular complexity index is 275. The van der Waals surface area contributed by atoms with Crippen LogP contribution in [-0.2, 0) is 0 Å². The van der Waals surface area contributed by atoms with Gasteiger partial charge in [0.25, 0.3) is 0 Å². The van der Waals surface area contributed by atoms with Gasteiger partial charge in [-0.05, 0) is 19.9 Å². The number of nitrogens with zero attached hydrogens (tertiary/aromatic N) is 3. The van der Waals surface area contributed by atoms with Crippen LogP contribution in [0.3, 0.4) is 0 Å². The first-order chi connectivity index (χ1) is 6.09. The molecule has 0 saturated carbocycles. The third-order valence-corrected chi connectivity index (χ3v) is 1.69. The van der Waals surface area contributed by atoms with Crippen LogP contribution < -0.4 is 4.90 Å². The van der Waals surface area contributed by atoms with E-state index in [2.05, 4.69) is 9.97 Å². The molecule has 0 bridgehead atoms. The van der Waals surface area contributed by atoms with Crippen molar-refractivity contribution >= 4 is 5.82 Å². The van der Waals surface area contributed by atoms with Crippen LogP contribution in [0.1, 0.15) is 12.7 Å². The lowest BCUT2D eigenvalue weighted by Crippen LogP contribution is -2.27. The summed E-state index contributed by atoms with van der Waals surface area (Å²) in [6.07, 6.45) is 1.37. The Morgan fingerprint density at radius 3 is 2.85 bits per heavy atom. The van der Waals surface area contributed by atoms with Gasteiger partial charge in [0.1, 0.15) is 11.6 Å². The van der Waals surface area contributed by atoms with E-state index in [4.69, 9.17) is 5.11 Å². The molecule has 1 atom stereocenters. The quantitative estimate of drug-likeness (QED) is 0.742. The Morgan fingerprint density at radius 2 is 2.31 bits per heavy atom. The van der Waals surface area contributed by atoms with Gasteiger partial charge in [0.15, 0.2) is 0 Å². The van der Waals surface area contributed by atoms with E-state index in [0.29, 0.717) is 6.54 Å². The summed E-state index contributed by atoms with van der Waals surface area (Å²) in [6.45, 7) is 4.18. The zero-order valence-corrected chi connectivity index (χ0v) is 8.23. The number of hydrogen-bond donors (Lipinski definition) is 1. The van der Waals surface area contributed by atoms with Crippen molar-refractivity contribution in [1.29, 1.82) is 0 Å². The second kappa shape index (κ2) is 4.18. The number of aryl methyl sites for hydroxylation is 1. The molecule has 0 aliphatic rings.